The average Bonchev–Trinajstić information content (AvgIpc) is 3.27. The molecule has 0 heterocycles. The Morgan fingerprint density at radius 2 is 1.78 bits per heavy atom. The van der Waals surface area contributed by atoms with E-state index in [0.717, 1.165) is 12.5 Å². The molecule has 0 spiro atoms. The number of carbonyl (C=O) groups excluding carboxylic acids is 2. The van der Waals surface area contributed by atoms with Crippen molar-refractivity contribution in [3.05, 3.63) is 23.5 Å². The van der Waals surface area contributed by atoms with Crippen LogP contribution in [0.3, 0.4) is 0 Å². The molecule has 2 atom stereocenters. The molecule has 36 heavy (non-hydrogen) atoms. The van der Waals surface area contributed by atoms with Crippen molar-refractivity contribution in [3.63, 3.8) is 0 Å². The Balaban J connectivity index is 1.70. The van der Waals surface area contributed by atoms with Crippen LogP contribution >= 0.6 is 0 Å². The highest BCUT2D eigenvalue weighted by Crippen LogP contribution is 2.38. The van der Waals surface area contributed by atoms with Gasteiger partial charge in [-0.3, -0.25) is 14.4 Å². The van der Waals surface area contributed by atoms with E-state index in [4.69, 9.17) is 9.47 Å². The Labute approximate surface area is 212 Å². The van der Waals surface area contributed by atoms with Gasteiger partial charge in [0.25, 0.3) is 5.91 Å². The number of aliphatic carboxylic acids is 1. The van der Waals surface area contributed by atoms with Gasteiger partial charge in [0.15, 0.2) is 11.6 Å². The van der Waals surface area contributed by atoms with E-state index in [9.17, 15) is 23.9 Å². The lowest BCUT2D eigenvalue weighted by atomic mass is 9.75. The molecule has 3 rings (SSSR count). The quantitative estimate of drug-likeness (QED) is 0.484. The normalized spacial score (nSPS) is 26.2. The molecule has 2 fully saturated rings. The van der Waals surface area contributed by atoms with Crippen LogP contribution in [0.25, 0.3) is 0 Å². The fourth-order valence-electron chi connectivity index (χ4n) is 4.89. The number of amides is 2. The van der Waals surface area contributed by atoms with E-state index in [1.165, 1.54) is 13.2 Å². The van der Waals surface area contributed by atoms with Crippen LogP contribution in [-0.2, 0) is 9.59 Å². The summed E-state index contributed by atoms with van der Waals surface area (Å²) in [5.41, 5.74) is -0.726. The van der Waals surface area contributed by atoms with Gasteiger partial charge in [-0.15, -0.1) is 0 Å². The zero-order valence-electron chi connectivity index (χ0n) is 21.9. The van der Waals surface area contributed by atoms with Crippen LogP contribution in [0.15, 0.2) is 12.1 Å². The van der Waals surface area contributed by atoms with Crippen LogP contribution in [0.5, 0.6) is 11.5 Å². The van der Waals surface area contributed by atoms with Gasteiger partial charge in [0.2, 0.25) is 5.91 Å². The van der Waals surface area contributed by atoms with Crippen LogP contribution in [0.1, 0.15) is 83.0 Å². The van der Waals surface area contributed by atoms with E-state index in [1.807, 2.05) is 20.8 Å². The van der Waals surface area contributed by atoms with Crippen molar-refractivity contribution in [2.75, 3.05) is 13.7 Å². The molecule has 0 aromatic heterocycles. The van der Waals surface area contributed by atoms with Crippen molar-refractivity contribution in [1.82, 2.24) is 10.6 Å². The van der Waals surface area contributed by atoms with Crippen molar-refractivity contribution >= 4 is 17.8 Å². The summed E-state index contributed by atoms with van der Waals surface area (Å²) in [6, 6.07) is 2.12. The first-order valence-electron chi connectivity index (χ1n) is 12.7. The number of halogens is 1. The first kappa shape index (κ1) is 27.7. The second-order valence-electron chi connectivity index (χ2n) is 11.6. The van der Waals surface area contributed by atoms with Gasteiger partial charge in [-0.1, -0.05) is 27.2 Å². The largest absolute Gasteiger partial charge is 0.496 e. The lowest BCUT2D eigenvalue weighted by Gasteiger charge is -2.34. The van der Waals surface area contributed by atoms with Crippen LogP contribution in [0.2, 0.25) is 0 Å². The third-order valence-corrected chi connectivity index (χ3v) is 7.31. The fraction of sp³-hybridized carbons (Fsp3) is 0.667. The summed E-state index contributed by atoms with van der Waals surface area (Å²) < 4.78 is 25.9. The monoisotopic (exact) mass is 506 g/mol. The molecule has 8 nitrogen and oxygen atoms in total. The summed E-state index contributed by atoms with van der Waals surface area (Å²) in [6.45, 7) is 8.38. The Kier molecular flexibility index (Phi) is 8.52. The Hall–Kier alpha value is -2.84. The summed E-state index contributed by atoms with van der Waals surface area (Å²) in [4.78, 5) is 37.5. The molecule has 0 bridgehead atoms. The molecule has 1 aromatic carbocycles. The number of benzene rings is 1. The number of hydrogen-bond donors (Lipinski definition) is 3. The Morgan fingerprint density at radius 1 is 1.11 bits per heavy atom. The second kappa shape index (κ2) is 11.0. The molecule has 2 saturated carbocycles. The number of hydrogen-bond acceptors (Lipinski definition) is 5. The van der Waals surface area contributed by atoms with E-state index in [0.29, 0.717) is 45.1 Å². The minimum Gasteiger partial charge on any atom is -0.496 e. The zero-order valence-corrected chi connectivity index (χ0v) is 21.9. The van der Waals surface area contributed by atoms with Gasteiger partial charge >= 0.3 is 5.97 Å². The van der Waals surface area contributed by atoms with E-state index in [1.54, 1.807) is 6.92 Å². The molecule has 2 amide bonds. The molecule has 2 aliphatic carbocycles. The van der Waals surface area contributed by atoms with Gasteiger partial charge in [0.05, 0.1) is 30.1 Å². The topological polar surface area (TPSA) is 114 Å². The molecule has 9 heteroatoms. The highest BCUT2D eigenvalue weighted by molar-refractivity contribution is 5.98. The smallest absolute Gasteiger partial charge is 0.309 e. The summed E-state index contributed by atoms with van der Waals surface area (Å²) in [7, 11) is 1.36. The van der Waals surface area contributed by atoms with Gasteiger partial charge < -0.3 is 25.2 Å². The predicted molar refractivity (Wildman–Crippen MR) is 133 cm³/mol. The van der Waals surface area contributed by atoms with Crippen LogP contribution in [0.4, 0.5) is 4.39 Å². The minimum absolute atomic E-state index is 0.0462. The number of carboxylic acids is 1. The maximum atomic E-state index is 14.8. The molecule has 0 aliphatic heterocycles. The van der Waals surface area contributed by atoms with Crippen molar-refractivity contribution in [2.24, 2.45) is 16.7 Å². The van der Waals surface area contributed by atoms with Crippen molar-refractivity contribution in [2.45, 2.75) is 84.8 Å². The highest BCUT2D eigenvalue weighted by Gasteiger charge is 2.39. The maximum absolute atomic E-state index is 14.8. The molecular formula is C27H39FN2O6. The van der Waals surface area contributed by atoms with Crippen LogP contribution in [0, 0.1) is 22.6 Å². The summed E-state index contributed by atoms with van der Waals surface area (Å²) in [6.07, 6.45) is 3.65. The summed E-state index contributed by atoms with van der Waals surface area (Å²) in [5, 5.41) is 15.4. The van der Waals surface area contributed by atoms with E-state index in [2.05, 4.69) is 10.6 Å². The molecule has 1 aromatic rings. The molecule has 200 valence electrons. The minimum atomic E-state index is -0.840. The lowest BCUT2D eigenvalue weighted by molar-refractivity contribution is -0.150. The first-order valence-corrected chi connectivity index (χ1v) is 12.7. The van der Waals surface area contributed by atoms with E-state index in [-0.39, 0.29) is 46.4 Å². The SMILES string of the molecule is COc1cc(F)c(O[C@H]2CC[C@@](C)(C(=O)O)CC2)cc1C(=O)N[C@@H]1CCC[C@@H]1C(=O)NCC(C)(C)C. The summed E-state index contributed by atoms with van der Waals surface area (Å²) in [5.74, 6) is -2.36. The summed E-state index contributed by atoms with van der Waals surface area (Å²) >= 11 is 0. The fourth-order valence-corrected chi connectivity index (χ4v) is 4.89. The zero-order chi connectivity index (χ0) is 26.7. The van der Waals surface area contributed by atoms with E-state index < -0.39 is 23.1 Å². The van der Waals surface area contributed by atoms with Gasteiger partial charge in [-0.05, 0) is 56.9 Å². The average molecular weight is 507 g/mol. The molecule has 0 unspecified atom stereocenters. The number of nitrogens with one attached hydrogen (secondary N) is 2. The molecule has 2 aliphatic rings. The number of rotatable bonds is 8. The van der Waals surface area contributed by atoms with Crippen molar-refractivity contribution in [1.29, 1.82) is 0 Å². The van der Waals surface area contributed by atoms with Crippen molar-refractivity contribution < 1.29 is 33.4 Å². The number of ether oxygens (including phenoxy) is 2. The van der Waals surface area contributed by atoms with Gasteiger partial charge in [0.1, 0.15) is 5.75 Å². The predicted octanol–water partition coefficient (Wildman–Crippen LogP) is 4.31. The maximum Gasteiger partial charge on any atom is 0.309 e. The Morgan fingerprint density at radius 3 is 2.36 bits per heavy atom. The van der Waals surface area contributed by atoms with Crippen molar-refractivity contribution in [3.8, 4) is 11.5 Å². The third kappa shape index (κ3) is 6.68. The molecule has 0 saturated heterocycles. The van der Waals surface area contributed by atoms with Crippen LogP contribution < -0.4 is 20.1 Å². The molecule has 3 N–H and O–H groups in total. The van der Waals surface area contributed by atoms with Gasteiger partial charge in [-0.2, -0.15) is 0 Å². The highest BCUT2D eigenvalue weighted by atomic mass is 19.1. The molecule has 0 radical (unpaired) electrons. The Bertz CT molecular complexity index is 981. The number of carbonyl (C=O) groups is 3. The van der Waals surface area contributed by atoms with E-state index >= 15 is 0 Å². The van der Waals surface area contributed by atoms with Gasteiger partial charge in [0, 0.05) is 18.7 Å². The third-order valence-electron chi connectivity index (χ3n) is 7.31. The number of carboxylic acid groups (broad SMARTS) is 1. The van der Waals surface area contributed by atoms with Gasteiger partial charge in [-0.25, -0.2) is 4.39 Å². The standard InChI is InChI=1S/C27H39FN2O6/c1-26(2,3)15-29-23(31)17-7-6-8-20(17)30-24(32)18-13-22(19(28)14-21(18)35-5)36-16-9-11-27(4,12-10-16)25(33)34/h13-14,16-17,20H,6-12,15H2,1-5H3,(H,29,31)(H,30,32)(H,33,34)/t16-,17-,20+,27+/m0/s1. The first-order chi connectivity index (χ1) is 16.8. The van der Waals surface area contributed by atoms with Crippen LogP contribution in [-0.4, -0.2) is 48.7 Å². The number of methoxy groups -OCH3 is 1. The second-order valence-corrected chi connectivity index (χ2v) is 11.6. The lowest BCUT2D eigenvalue weighted by Crippen LogP contribution is -2.45. The molecular weight excluding hydrogens is 467 g/mol.